The monoisotopic (exact) mass is 421 g/mol. The van der Waals surface area contributed by atoms with E-state index in [9.17, 15) is 14.7 Å². The van der Waals surface area contributed by atoms with Gasteiger partial charge in [-0.1, -0.05) is 0 Å². The van der Waals surface area contributed by atoms with Gasteiger partial charge in [0.1, 0.15) is 5.56 Å². The molecule has 0 spiro atoms. The molecule has 2 N–H and O–H groups in total. The summed E-state index contributed by atoms with van der Waals surface area (Å²) in [5, 5.41) is 13.0. The Morgan fingerprint density at radius 3 is 2.69 bits per heavy atom. The molecule has 2 aromatic rings. The number of carbonyl (C=O) groups is 1. The highest BCUT2D eigenvalue weighted by molar-refractivity contribution is 5.89. The highest BCUT2D eigenvalue weighted by Gasteiger charge is 2.37. The van der Waals surface area contributed by atoms with Gasteiger partial charge in [-0.15, -0.1) is 12.4 Å². The number of aromatic carboxylic acids is 1. The molecule has 2 saturated heterocycles. The Kier molecular flexibility index (Phi) is 5.07. The van der Waals surface area contributed by atoms with Gasteiger partial charge in [0, 0.05) is 19.1 Å². The number of aromatic nitrogens is 1. The van der Waals surface area contributed by atoms with Crippen molar-refractivity contribution >= 4 is 29.6 Å². The van der Waals surface area contributed by atoms with Crippen LogP contribution in [0.25, 0.3) is 5.52 Å². The topological polar surface area (TPSA) is 74.0 Å². The molecule has 3 fully saturated rings. The summed E-state index contributed by atoms with van der Waals surface area (Å²) in [6.07, 6.45) is 5.42. The van der Waals surface area contributed by atoms with Crippen LogP contribution in [0, 0.1) is 18.7 Å². The quantitative estimate of drug-likeness (QED) is 0.797. The predicted molar refractivity (Wildman–Crippen MR) is 111 cm³/mol. The molecule has 0 unspecified atom stereocenters. The molecule has 0 aromatic carbocycles. The Hall–Kier alpha value is -2.12. The number of aryl methyl sites for hydroxylation is 1. The second kappa shape index (κ2) is 7.29. The summed E-state index contributed by atoms with van der Waals surface area (Å²) in [6.45, 7) is 4.43. The maximum absolute atomic E-state index is 15.2. The summed E-state index contributed by atoms with van der Waals surface area (Å²) < 4.78 is 16.4. The van der Waals surface area contributed by atoms with Crippen LogP contribution in [-0.4, -0.2) is 41.2 Å². The lowest BCUT2D eigenvalue weighted by Gasteiger charge is -2.24. The average Bonchev–Trinajstić information content (AvgIpc) is 3.41. The first-order valence-corrected chi connectivity index (χ1v) is 10.1. The van der Waals surface area contributed by atoms with E-state index in [-0.39, 0.29) is 23.9 Å². The third-order valence-corrected chi connectivity index (χ3v) is 6.61. The fourth-order valence-electron chi connectivity index (χ4n) is 5.12. The SMILES string of the molecule is Cc1c(N2C[C@H]3CCCN[C@H]3C2)c(F)cn2c(=O)c(C(=O)O)cc(C3CC3)c12.Cl. The van der Waals surface area contributed by atoms with Crippen molar-refractivity contribution in [1.82, 2.24) is 9.72 Å². The number of hydrogen-bond acceptors (Lipinski definition) is 4. The molecular formula is C21H25ClFN3O3. The Bertz CT molecular complexity index is 1040. The van der Waals surface area contributed by atoms with Crippen LogP contribution in [0.3, 0.4) is 0 Å². The van der Waals surface area contributed by atoms with Crippen LogP contribution >= 0.6 is 12.4 Å². The number of hydrogen-bond donors (Lipinski definition) is 2. The molecule has 156 valence electrons. The van der Waals surface area contributed by atoms with E-state index in [1.54, 1.807) is 0 Å². The van der Waals surface area contributed by atoms with E-state index in [2.05, 4.69) is 10.2 Å². The number of halogens is 2. The minimum Gasteiger partial charge on any atom is -0.477 e. The van der Waals surface area contributed by atoms with E-state index in [1.807, 2.05) is 6.92 Å². The van der Waals surface area contributed by atoms with Crippen LogP contribution in [0.1, 0.15) is 53.1 Å². The highest BCUT2D eigenvalue weighted by atomic mass is 35.5. The maximum atomic E-state index is 15.2. The minimum atomic E-state index is -1.27. The number of carboxylic acids is 1. The molecule has 8 heteroatoms. The molecule has 2 atom stereocenters. The standard InChI is InChI=1S/C21H24FN3O3.ClH/c1-11-18-14(12-4-5-12)7-15(21(27)28)20(26)25(18)9-16(22)19(11)24-8-13-3-2-6-23-17(13)10-24;/h7,9,12-13,17,23H,2-6,8,10H2,1H3,(H,27,28);1H/t13-,17+;/m1./s1. The first kappa shape index (κ1) is 20.2. The number of nitrogens with zero attached hydrogens (tertiary/aromatic N) is 2. The molecule has 29 heavy (non-hydrogen) atoms. The molecule has 1 aliphatic carbocycles. The Morgan fingerprint density at radius 1 is 1.28 bits per heavy atom. The summed E-state index contributed by atoms with van der Waals surface area (Å²) in [6, 6.07) is 1.89. The lowest BCUT2D eigenvalue weighted by Crippen LogP contribution is -2.40. The molecule has 1 saturated carbocycles. The van der Waals surface area contributed by atoms with Gasteiger partial charge in [0.25, 0.3) is 5.56 Å². The van der Waals surface area contributed by atoms with Gasteiger partial charge in [-0.2, -0.15) is 0 Å². The normalized spacial score (nSPS) is 23.7. The van der Waals surface area contributed by atoms with Crippen molar-refractivity contribution in [1.29, 1.82) is 0 Å². The van der Waals surface area contributed by atoms with Gasteiger partial charge in [-0.05, 0) is 68.2 Å². The highest BCUT2D eigenvalue weighted by Crippen LogP contribution is 2.44. The van der Waals surface area contributed by atoms with Crippen molar-refractivity contribution < 1.29 is 14.3 Å². The fraction of sp³-hybridized carbons (Fsp3) is 0.524. The molecule has 0 amide bonds. The fourth-order valence-corrected chi connectivity index (χ4v) is 5.12. The van der Waals surface area contributed by atoms with Gasteiger partial charge in [-0.3, -0.25) is 9.20 Å². The maximum Gasteiger partial charge on any atom is 0.341 e. The van der Waals surface area contributed by atoms with E-state index in [1.165, 1.54) is 16.7 Å². The molecule has 0 bridgehead atoms. The average molecular weight is 422 g/mol. The zero-order valence-corrected chi connectivity index (χ0v) is 17.1. The second-order valence-corrected chi connectivity index (χ2v) is 8.44. The summed E-state index contributed by atoms with van der Waals surface area (Å²) in [5.41, 5.74) is 1.86. The Balaban J connectivity index is 0.00000205. The van der Waals surface area contributed by atoms with Gasteiger partial charge in [0.2, 0.25) is 0 Å². The van der Waals surface area contributed by atoms with Crippen molar-refractivity contribution in [3.8, 4) is 0 Å². The van der Waals surface area contributed by atoms with Gasteiger partial charge in [0.05, 0.1) is 17.4 Å². The van der Waals surface area contributed by atoms with Crippen LogP contribution in [-0.2, 0) is 0 Å². The Morgan fingerprint density at radius 2 is 2.03 bits per heavy atom. The van der Waals surface area contributed by atoms with Gasteiger partial charge < -0.3 is 15.3 Å². The molecule has 2 aromatic heterocycles. The summed E-state index contributed by atoms with van der Waals surface area (Å²) in [5.74, 6) is -0.968. The first-order valence-electron chi connectivity index (χ1n) is 10.1. The molecular weight excluding hydrogens is 397 g/mol. The van der Waals surface area contributed by atoms with Crippen molar-refractivity contribution in [2.24, 2.45) is 5.92 Å². The summed E-state index contributed by atoms with van der Waals surface area (Å²) in [7, 11) is 0. The molecule has 5 rings (SSSR count). The smallest absolute Gasteiger partial charge is 0.341 e. The Labute approximate surface area is 174 Å². The number of anilines is 1. The van der Waals surface area contributed by atoms with Crippen molar-refractivity contribution in [3.05, 3.63) is 45.1 Å². The largest absolute Gasteiger partial charge is 0.477 e. The number of piperidine rings is 1. The van der Waals surface area contributed by atoms with E-state index in [4.69, 9.17) is 0 Å². The van der Waals surface area contributed by atoms with Crippen LogP contribution in [0.15, 0.2) is 17.1 Å². The number of pyridine rings is 2. The summed E-state index contributed by atoms with van der Waals surface area (Å²) in [4.78, 5) is 26.3. The molecule has 3 aliphatic rings. The minimum absolute atomic E-state index is 0. The summed E-state index contributed by atoms with van der Waals surface area (Å²) >= 11 is 0. The van der Waals surface area contributed by atoms with Gasteiger partial charge in [-0.25, -0.2) is 9.18 Å². The lowest BCUT2D eigenvalue weighted by atomic mass is 9.94. The van der Waals surface area contributed by atoms with Crippen LogP contribution in [0.2, 0.25) is 0 Å². The van der Waals surface area contributed by atoms with Crippen molar-refractivity contribution in [3.63, 3.8) is 0 Å². The van der Waals surface area contributed by atoms with Crippen LogP contribution in [0.4, 0.5) is 10.1 Å². The van der Waals surface area contributed by atoms with Gasteiger partial charge >= 0.3 is 5.97 Å². The van der Waals surface area contributed by atoms with Crippen LogP contribution < -0.4 is 15.8 Å². The van der Waals surface area contributed by atoms with Gasteiger partial charge in [0.15, 0.2) is 5.82 Å². The zero-order chi connectivity index (χ0) is 19.6. The molecule has 2 aliphatic heterocycles. The van der Waals surface area contributed by atoms with E-state index in [0.717, 1.165) is 56.4 Å². The predicted octanol–water partition coefficient (Wildman–Crippen LogP) is 2.93. The second-order valence-electron chi connectivity index (χ2n) is 8.44. The third-order valence-electron chi connectivity index (χ3n) is 6.61. The molecule has 6 nitrogen and oxygen atoms in total. The van der Waals surface area contributed by atoms with Crippen molar-refractivity contribution in [2.75, 3.05) is 24.5 Å². The molecule has 0 radical (unpaired) electrons. The molecule has 4 heterocycles. The number of fused-ring (bicyclic) bond motifs is 2. The third kappa shape index (κ3) is 3.20. The van der Waals surface area contributed by atoms with E-state index >= 15 is 4.39 Å². The van der Waals surface area contributed by atoms with Crippen LogP contribution in [0.5, 0.6) is 0 Å². The number of rotatable bonds is 3. The van der Waals surface area contributed by atoms with E-state index in [0.29, 0.717) is 23.2 Å². The van der Waals surface area contributed by atoms with E-state index < -0.39 is 17.3 Å². The number of nitrogens with one attached hydrogen (secondary N) is 1. The zero-order valence-electron chi connectivity index (χ0n) is 16.3. The lowest BCUT2D eigenvalue weighted by molar-refractivity contribution is 0.0694. The number of carboxylic acid groups (broad SMARTS) is 1. The van der Waals surface area contributed by atoms with Crippen molar-refractivity contribution in [2.45, 2.75) is 44.6 Å². The first-order chi connectivity index (χ1) is 13.5.